The number of hydrogen-bond donors (Lipinski definition) is 0. The first-order chi connectivity index (χ1) is 15.3. The molecule has 0 fully saturated rings. The summed E-state index contributed by atoms with van der Waals surface area (Å²) in [6.07, 6.45) is 0. The first-order valence-electron chi connectivity index (χ1n) is 7.90. The Morgan fingerprint density at radius 2 is 1.09 bits per heavy atom. The molecule has 0 saturated carbocycles. The maximum Gasteiger partial charge on any atom is 0.180 e. The van der Waals surface area contributed by atoms with E-state index in [1.807, 2.05) is 0 Å². The standard InChI is InChI=1S/C21HF4N7/c22-18-15(8-32)19(23)21(25)17(20(18)24)13(6-30)11-1-9(2-26)16(10(3-27)4-28)14(7-31)12(11)5-29/h1H/b13-11+. The van der Waals surface area contributed by atoms with Gasteiger partial charge < -0.3 is 0 Å². The van der Waals surface area contributed by atoms with Crippen molar-refractivity contribution in [3.05, 3.63) is 67.6 Å². The van der Waals surface area contributed by atoms with Crippen molar-refractivity contribution in [3.8, 4) is 42.5 Å². The fourth-order valence-corrected chi connectivity index (χ4v) is 2.79. The summed E-state index contributed by atoms with van der Waals surface area (Å²) in [5, 5.41) is 63.4. The van der Waals surface area contributed by atoms with E-state index in [1.165, 1.54) is 36.4 Å². The summed E-state index contributed by atoms with van der Waals surface area (Å²) >= 11 is 0. The second-order valence-electron chi connectivity index (χ2n) is 5.64. The van der Waals surface area contributed by atoms with Crippen LogP contribution in [0, 0.1) is 103 Å². The van der Waals surface area contributed by atoms with Crippen LogP contribution in [0.25, 0.3) is 11.1 Å². The van der Waals surface area contributed by atoms with E-state index in [1.54, 1.807) is 0 Å². The largest absolute Gasteiger partial charge is 0.203 e. The SMILES string of the molecule is N#CC(C#N)=c1c(C#N)c/c(=C(/C#N)c2c(F)c(F)c(C#N)c(F)c2F)c(C#N)c1C#N. The van der Waals surface area contributed by atoms with E-state index in [-0.39, 0.29) is 0 Å². The van der Waals surface area contributed by atoms with Crippen LogP contribution in [0.15, 0.2) is 6.07 Å². The van der Waals surface area contributed by atoms with Gasteiger partial charge in [0, 0.05) is 10.4 Å². The molecule has 2 aromatic rings. The fourth-order valence-electron chi connectivity index (χ4n) is 2.79. The van der Waals surface area contributed by atoms with Crippen LogP contribution < -0.4 is 10.4 Å². The average molecular weight is 427 g/mol. The Hall–Kier alpha value is -5.67. The van der Waals surface area contributed by atoms with Gasteiger partial charge >= 0.3 is 0 Å². The highest BCUT2D eigenvalue weighted by atomic mass is 19.2. The lowest BCUT2D eigenvalue weighted by Crippen LogP contribution is -2.26. The second-order valence-corrected chi connectivity index (χ2v) is 5.64. The molecule has 0 amide bonds. The third kappa shape index (κ3) is 3.20. The van der Waals surface area contributed by atoms with Gasteiger partial charge in [0.25, 0.3) is 0 Å². The zero-order valence-electron chi connectivity index (χ0n) is 15.2. The van der Waals surface area contributed by atoms with E-state index in [4.69, 9.17) is 15.8 Å². The van der Waals surface area contributed by atoms with Crippen LogP contribution in [0.5, 0.6) is 0 Å². The number of nitrogens with zero attached hydrogens (tertiary/aromatic N) is 7. The Bertz CT molecular complexity index is 1590. The summed E-state index contributed by atoms with van der Waals surface area (Å²) in [6, 6.07) is 10.2. The summed E-state index contributed by atoms with van der Waals surface area (Å²) in [4.78, 5) is 0. The van der Waals surface area contributed by atoms with Crippen molar-refractivity contribution in [2.75, 3.05) is 0 Å². The van der Waals surface area contributed by atoms with Gasteiger partial charge in [-0.25, -0.2) is 17.6 Å². The van der Waals surface area contributed by atoms with Crippen molar-refractivity contribution in [2.24, 2.45) is 0 Å². The van der Waals surface area contributed by atoms with Gasteiger partial charge in [-0.3, -0.25) is 0 Å². The van der Waals surface area contributed by atoms with Crippen molar-refractivity contribution < 1.29 is 17.6 Å². The van der Waals surface area contributed by atoms with Crippen molar-refractivity contribution in [1.82, 2.24) is 0 Å². The molecule has 0 aliphatic heterocycles. The molecule has 2 rings (SSSR count). The number of nitriles is 7. The van der Waals surface area contributed by atoms with E-state index in [9.17, 15) is 38.6 Å². The van der Waals surface area contributed by atoms with Gasteiger partial charge in [-0.1, -0.05) is 0 Å². The van der Waals surface area contributed by atoms with E-state index in [0.29, 0.717) is 6.07 Å². The maximum absolute atomic E-state index is 14.5. The molecular formula is C21HF4N7. The first-order valence-corrected chi connectivity index (χ1v) is 7.90. The Balaban J connectivity index is 3.42. The molecule has 0 atom stereocenters. The molecule has 0 aliphatic carbocycles. The Morgan fingerprint density at radius 1 is 0.594 bits per heavy atom. The highest BCUT2D eigenvalue weighted by molar-refractivity contribution is 5.81. The van der Waals surface area contributed by atoms with Crippen molar-refractivity contribution >= 4 is 11.1 Å². The molecule has 0 saturated heterocycles. The molecule has 0 bridgehead atoms. The van der Waals surface area contributed by atoms with Gasteiger partial charge in [0.2, 0.25) is 0 Å². The molecule has 2 aromatic carbocycles. The predicted octanol–water partition coefficient (Wildman–Crippen LogP) is 1.65. The van der Waals surface area contributed by atoms with Crippen LogP contribution in [-0.2, 0) is 0 Å². The number of rotatable bonds is 1. The molecule has 0 unspecified atom stereocenters. The molecule has 148 valence electrons. The molecule has 0 aromatic heterocycles. The quantitative estimate of drug-likeness (QED) is 0.492. The lowest BCUT2D eigenvalue weighted by Gasteiger charge is -2.09. The van der Waals surface area contributed by atoms with Gasteiger partial charge in [-0.2, -0.15) is 36.8 Å². The van der Waals surface area contributed by atoms with Crippen molar-refractivity contribution in [2.45, 2.75) is 0 Å². The fraction of sp³-hybridized carbons (Fsp3) is 0. The zero-order chi connectivity index (χ0) is 24.2. The molecule has 0 N–H and O–H groups in total. The van der Waals surface area contributed by atoms with Crippen molar-refractivity contribution in [1.29, 1.82) is 36.8 Å². The molecule has 0 spiro atoms. The monoisotopic (exact) mass is 427 g/mol. The number of halogens is 4. The minimum absolute atomic E-state index is 0.560. The minimum Gasteiger partial charge on any atom is -0.203 e. The summed E-state index contributed by atoms with van der Waals surface area (Å²) < 4.78 is 57.2. The molecule has 11 heteroatoms. The van der Waals surface area contributed by atoms with Crippen LogP contribution in [0.4, 0.5) is 17.6 Å². The van der Waals surface area contributed by atoms with Crippen LogP contribution in [0.3, 0.4) is 0 Å². The van der Waals surface area contributed by atoms with E-state index in [0.717, 1.165) is 6.07 Å². The zero-order valence-corrected chi connectivity index (χ0v) is 15.2. The third-order valence-electron chi connectivity index (χ3n) is 4.15. The highest BCUT2D eigenvalue weighted by Crippen LogP contribution is 2.28. The average Bonchev–Trinajstić information content (AvgIpc) is 2.81. The van der Waals surface area contributed by atoms with Gasteiger partial charge in [-0.05, 0) is 6.07 Å². The maximum atomic E-state index is 14.5. The lowest BCUT2D eigenvalue weighted by atomic mass is 9.92. The molecule has 0 radical (unpaired) electrons. The first kappa shape index (κ1) is 22.6. The van der Waals surface area contributed by atoms with Crippen LogP contribution in [-0.4, -0.2) is 0 Å². The molecule has 32 heavy (non-hydrogen) atoms. The summed E-state index contributed by atoms with van der Waals surface area (Å²) in [7, 11) is 0. The van der Waals surface area contributed by atoms with Crippen LogP contribution in [0.2, 0.25) is 0 Å². The molecular weight excluding hydrogens is 426 g/mol. The van der Waals surface area contributed by atoms with Crippen LogP contribution >= 0.6 is 0 Å². The highest BCUT2D eigenvalue weighted by Gasteiger charge is 2.29. The van der Waals surface area contributed by atoms with Gasteiger partial charge in [-0.15, -0.1) is 0 Å². The summed E-state index contributed by atoms with van der Waals surface area (Å²) in [5.74, 6) is -8.45. The third-order valence-corrected chi connectivity index (χ3v) is 4.15. The molecule has 0 aliphatic rings. The summed E-state index contributed by atoms with van der Waals surface area (Å²) in [5.41, 5.74) is -7.22. The van der Waals surface area contributed by atoms with Gasteiger partial charge in [0.15, 0.2) is 23.3 Å². The van der Waals surface area contributed by atoms with Crippen molar-refractivity contribution in [3.63, 3.8) is 0 Å². The number of hydrogen-bond acceptors (Lipinski definition) is 7. The Kier molecular flexibility index (Phi) is 6.20. The predicted molar refractivity (Wildman–Crippen MR) is 93.6 cm³/mol. The van der Waals surface area contributed by atoms with E-state index < -0.39 is 72.7 Å². The van der Waals surface area contributed by atoms with E-state index >= 15 is 0 Å². The molecule has 0 heterocycles. The normalized spacial score (nSPS) is 10.2. The smallest absolute Gasteiger partial charge is 0.180 e. The Labute approximate surface area is 176 Å². The second kappa shape index (κ2) is 8.78. The molecule has 7 nitrogen and oxygen atoms in total. The topological polar surface area (TPSA) is 167 Å². The van der Waals surface area contributed by atoms with E-state index in [2.05, 4.69) is 0 Å². The Morgan fingerprint density at radius 3 is 1.47 bits per heavy atom. The van der Waals surface area contributed by atoms with Crippen LogP contribution in [0.1, 0.15) is 27.8 Å². The lowest BCUT2D eigenvalue weighted by molar-refractivity contribution is 0.447. The minimum atomic E-state index is -2.12. The summed E-state index contributed by atoms with van der Waals surface area (Å²) in [6.45, 7) is 0. The van der Waals surface area contributed by atoms with Gasteiger partial charge in [0.1, 0.15) is 47.6 Å². The number of benzene rings is 2. The van der Waals surface area contributed by atoms with Gasteiger partial charge in [0.05, 0.1) is 33.9 Å².